The quantitative estimate of drug-likeness (QED) is 0.216. The van der Waals surface area contributed by atoms with Crippen LogP contribution in [0.4, 0.5) is 0 Å². The van der Waals surface area contributed by atoms with Crippen LogP contribution in [0, 0.1) is 6.92 Å². The Labute approximate surface area is 201 Å². The van der Waals surface area contributed by atoms with Crippen LogP contribution in [0.3, 0.4) is 0 Å². The lowest BCUT2D eigenvalue weighted by Crippen LogP contribution is -2.02. The fourth-order valence-corrected chi connectivity index (χ4v) is 4.20. The number of nitrogens with zero attached hydrogens (tertiary/aromatic N) is 2. The maximum absolute atomic E-state index is 12.3. The van der Waals surface area contributed by atoms with Gasteiger partial charge in [0.05, 0.1) is 12.2 Å². The summed E-state index contributed by atoms with van der Waals surface area (Å²) in [5, 5.41) is 8.14. The number of fused-ring (bicyclic) bond motifs is 1. The van der Waals surface area contributed by atoms with Gasteiger partial charge in [-0.1, -0.05) is 83.3 Å². The fourth-order valence-electron chi connectivity index (χ4n) is 3.44. The van der Waals surface area contributed by atoms with Gasteiger partial charge in [0, 0.05) is 21.7 Å². The van der Waals surface area contributed by atoms with Crippen molar-refractivity contribution in [3.63, 3.8) is 0 Å². The van der Waals surface area contributed by atoms with Crippen LogP contribution >= 0.6 is 34.8 Å². The van der Waals surface area contributed by atoms with E-state index in [0.717, 1.165) is 21.9 Å². The van der Waals surface area contributed by atoms with Gasteiger partial charge in [0.1, 0.15) is 11.8 Å². The lowest BCUT2D eigenvalue weighted by atomic mass is 10.1. The van der Waals surface area contributed by atoms with Crippen molar-refractivity contribution < 1.29 is 9.53 Å². The van der Waals surface area contributed by atoms with Gasteiger partial charge in [-0.2, -0.15) is 5.10 Å². The molecule has 0 atom stereocenters. The van der Waals surface area contributed by atoms with E-state index in [-0.39, 0.29) is 6.61 Å². The molecule has 0 radical (unpaired) electrons. The highest BCUT2D eigenvalue weighted by atomic mass is 35.5. The van der Waals surface area contributed by atoms with Crippen LogP contribution in [0.1, 0.15) is 22.4 Å². The van der Waals surface area contributed by atoms with Gasteiger partial charge in [-0.3, -0.25) is 0 Å². The number of hydrogen-bond acceptors (Lipinski definition) is 3. The van der Waals surface area contributed by atoms with Crippen molar-refractivity contribution >= 4 is 57.6 Å². The van der Waals surface area contributed by atoms with Crippen molar-refractivity contribution in [3.8, 4) is 0 Å². The molecule has 3 aromatic carbocycles. The average Bonchev–Trinajstić information content (AvgIpc) is 3.05. The number of carbonyl (C=O) groups is 1. The molecule has 4 rings (SSSR count). The summed E-state index contributed by atoms with van der Waals surface area (Å²) >= 11 is 18.7. The molecule has 32 heavy (non-hydrogen) atoms. The fraction of sp³-hybridized carbons (Fsp3) is 0.120. The molecule has 0 aliphatic rings. The van der Waals surface area contributed by atoms with Crippen molar-refractivity contribution in [2.75, 3.05) is 0 Å². The summed E-state index contributed by atoms with van der Waals surface area (Å²) in [6.07, 6.45) is 2.98. The number of ether oxygens (including phenoxy) is 1. The molecule has 0 amide bonds. The smallest absolute Gasteiger partial charge is 0.331 e. The molecule has 0 spiro atoms. The van der Waals surface area contributed by atoms with Crippen LogP contribution < -0.4 is 0 Å². The first-order chi connectivity index (χ1) is 15.4. The Morgan fingerprint density at radius 3 is 2.62 bits per heavy atom. The van der Waals surface area contributed by atoms with Crippen LogP contribution in [-0.4, -0.2) is 15.7 Å². The molecule has 1 aromatic heterocycles. The van der Waals surface area contributed by atoms with Gasteiger partial charge in [-0.25, -0.2) is 9.48 Å². The van der Waals surface area contributed by atoms with Gasteiger partial charge in [-0.05, 0) is 47.0 Å². The highest BCUT2D eigenvalue weighted by molar-refractivity contribution is 6.35. The molecule has 0 aliphatic carbocycles. The molecule has 0 aliphatic heterocycles. The van der Waals surface area contributed by atoms with Gasteiger partial charge in [0.15, 0.2) is 0 Å². The molecule has 4 nitrogen and oxygen atoms in total. The first-order valence-corrected chi connectivity index (χ1v) is 11.0. The maximum Gasteiger partial charge on any atom is 0.331 e. The molecule has 0 fully saturated rings. The minimum atomic E-state index is -0.457. The number of halogens is 3. The SMILES string of the molecule is Cc1nn(Cc2ccc(Cl)cc2Cl)c(Cl)c1C=CC(=O)OCc1cccc2ccccc12. The Bertz CT molecular complexity index is 1320. The number of hydrogen-bond donors (Lipinski definition) is 0. The van der Waals surface area contributed by atoms with Crippen molar-refractivity contribution in [2.24, 2.45) is 0 Å². The van der Waals surface area contributed by atoms with Crippen LogP contribution in [0.2, 0.25) is 15.2 Å². The Kier molecular flexibility index (Phi) is 6.85. The molecular weight excluding hydrogens is 467 g/mol. The first-order valence-electron chi connectivity index (χ1n) is 9.90. The minimum Gasteiger partial charge on any atom is -0.458 e. The van der Waals surface area contributed by atoms with E-state index in [1.54, 1.807) is 22.9 Å². The minimum absolute atomic E-state index is 0.186. The Balaban J connectivity index is 1.45. The molecule has 0 saturated carbocycles. The Morgan fingerprint density at radius 2 is 1.81 bits per heavy atom. The first kappa shape index (κ1) is 22.4. The zero-order valence-corrected chi connectivity index (χ0v) is 19.5. The van der Waals surface area contributed by atoms with Crippen LogP contribution in [0.5, 0.6) is 0 Å². The predicted octanol–water partition coefficient (Wildman–Crippen LogP) is 7.11. The summed E-state index contributed by atoms with van der Waals surface area (Å²) in [6, 6.07) is 19.2. The van der Waals surface area contributed by atoms with E-state index in [1.807, 2.05) is 55.5 Å². The second-order valence-electron chi connectivity index (χ2n) is 7.26. The number of aromatic nitrogens is 2. The normalized spacial score (nSPS) is 11.4. The molecule has 0 unspecified atom stereocenters. The molecule has 0 N–H and O–H groups in total. The van der Waals surface area contributed by atoms with E-state index in [0.29, 0.717) is 33.0 Å². The highest BCUT2D eigenvalue weighted by Gasteiger charge is 2.13. The van der Waals surface area contributed by atoms with Gasteiger partial charge in [0.2, 0.25) is 0 Å². The number of esters is 1. The lowest BCUT2D eigenvalue weighted by Gasteiger charge is -2.07. The monoisotopic (exact) mass is 484 g/mol. The van der Waals surface area contributed by atoms with Crippen molar-refractivity contribution in [1.29, 1.82) is 0 Å². The summed E-state index contributed by atoms with van der Waals surface area (Å²) in [4.78, 5) is 12.3. The summed E-state index contributed by atoms with van der Waals surface area (Å²) < 4.78 is 7.07. The summed E-state index contributed by atoms with van der Waals surface area (Å²) in [6.45, 7) is 2.40. The molecule has 4 aromatic rings. The molecule has 7 heteroatoms. The van der Waals surface area contributed by atoms with Crippen LogP contribution in [0.15, 0.2) is 66.7 Å². The molecule has 162 valence electrons. The van der Waals surface area contributed by atoms with E-state index in [4.69, 9.17) is 39.5 Å². The third-order valence-electron chi connectivity index (χ3n) is 5.08. The predicted molar refractivity (Wildman–Crippen MR) is 130 cm³/mol. The third kappa shape index (κ3) is 4.99. The van der Waals surface area contributed by atoms with Gasteiger partial charge in [0.25, 0.3) is 0 Å². The van der Waals surface area contributed by atoms with Crippen molar-refractivity contribution in [3.05, 3.63) is 104 Å². The Morgan fingerprint density at radius 1 is 1.03 bits per heavy atom. The number of benzene rings is 3. The molecule has 0 saturated heterocycles. The van der Waals surface area contributed by atoms with E-state index < -0.39 is 5.97 Å². The highest BCUT2D eigenvalue weighted by Crippen LogP contribution is 2.26. The van der Waals surface area contributed by atoms with E-state index in [1.165, 1.54) is 6.08 Å². The standard InChI is InChI=1S/C25H19Cl3N2O2/c1-16-21(25(28)30(29-16)14-18-9-10-20(26)13-23(18)27)11-12-24(31)32-15-19-7-4-6-17-5-2-3-8-22(17)19/h2-13H,14-15H2,1H3. The number of carbonyl (C=O) groups excluding carboxylic acids is 1. The average molecular weight is 486 g/mol. The lowest BCUT2D eigenvalue weighted by molar-refractivity contribution is -0.138. The second kappa shape index (κ2) is 9.78. The third-order valence-corrected chi connectivity index (χ3v) is 6.07. The summed E-state index contributed by atoms with van der Waals surface area (Å²) in [7, 11) is 0. The summed E-state index contributed by atoms with van der Waals surface area (Å²) in [5.74, 6) is -0.457. The van der Waals surface area contributed by atoms with E-state index in [2.05, 4.69) is 5.10 Å². The summed E-state index contributed by atoms with van der Waals surface area (Å²) in [5.41, 5.74) is 3.13. The zero-order chi connectivity index (χ0) is 22.7. The molecular formula is C25H19Cl3N2O2. The van der Waals surface area contributed by atoms with E-state index in [9.17, 15) is 4.79 Å². The second-order valence-corrected chi connectivity index (χ2v) is 8.46. The zero-order valence-electron chi connectivity index (χ0n) is 17.2. The number of rotatable bonds is 6. The topological polar surface area (TPSA) is 44.1 Å². The largest absolute Gasteiger partial charge is 0.458 e. The molecule has 0 bridgehead atoms. The van der Waals surface area contributed by atoms with Crippen LogP contribution in [0.25, 0.3) is 16.8 Å². The Hall–Kier alpha value is -2.79. The van der Waals surface area contributed by atoms with Gasteiger partial charge < -0.3 is 4.74 Å². The number of aryl methyl sites for hydroxylation is 1. The van der Waals surface area contributed by atoms with Gasteiger partial charge in [-0.15, -0.1) is 0 Å². The van der Waals surface area contributed by atoms with Gasteiger partial charge >= 0.3 is 5.97 Å². The van der Waals surface area contributed by atoms with Crippen molar-refractivity contribution in [2.45, 2.75) is 20.1 Å². The maximum atomic E-state index is 12.3. The van der Waals surface area contributed by atoms with E-state index >= 15 is 0 Å². The van der Waals surface area contributed by atoms with Crippen LogP contribution in [-0.2, 0) is 22.7 Å². The molecule has 1 heterocycles. The van der Waals surface area contributed by atoms with Crippen molar-refractivity contribution in [1.82, 2.24) is 9.78 Å².